The van der Waals surface area contributed by atoms with Crippen molar-refractivity contribution in [3.05, 3.63) is 22.4 Å². The summed E-state index contributed by atoms with van der Waals surface area (Å²) in [5.74, 6) is -0.353. The number of piperidine rings is 1. The molecule has 1 fully saturated rings. The van der Waals surface area contributed by atoms with Crippen molar-refractivity contribution in [3.8, 4) is 0 Å². The van der Waals surface area contributed by atoms with Gasteiger partial charge in [-0.1, -0.05) is 6.07 Å². The molecule has 0 bridgehead atoms. The molecule has 1 aromatic heterocycles. The average Bonchev–Trinajstić information content (AvgIpc) is 3.09. The Labute approximate surface area is 139 Å². The zero-order chi connectivity index (χ0) is 16.8. The first kappa shape index (κ1) is 17.4. The standard InChI is InChI=1S/C15H22N4O3S/c1-10(13(20)18-15(22)16-2)19-7-5-11(6-8-19)17-14(21)12-4-3-9-23-12/h3-4,9-11H,5-8H2,1-2H3,(H,17,21)(H2,16,18,20,22)/t10-/m0/s1. The van der Waals surface area contributed by atoms with Crippen molar-refractivity contribution >= 4 is 29.2 Å². The maximum Gasteiger partial charge on any atom is 0.321 e. The monoisotopic (exact) mass is 338 g/mol. The lowest BCUT2D eigenvalue weighted by Crippen LogP contribution is -2.53. The summed E-state index contributed by atoms with van der Waals surface area (Å²) >= 11 is 1.42. The van der Waals surface area contributed by atoms with Gasteiger partial charge in [-0.2, -0.15) is 0 Å². The Balaban J connectivity index is 1.78. The van der Waals surface area contributed by atoms with Crippen molar-refractivity contribution in [3.63, 3.8) is 0 Å². The van der Waals surface area contributed by atoms with Gasteiger partial charge in [0.25, 0.3) is 5.91 Å². The van der Waals surface area contributed by atoms with Crippen molar-refractivity contribution in [2.45, 2.75) is 31.8 Å². The molecule has 2 rings (SSSR count). The molecule has 0 unspecified atom stereocenters. The highest BCUT2D eigenvalue weighted by Gasteiger charge is 2.28. The first-order valence-electron chi connectivity index (χ1n) is 7.62. The van der Waals surface area contributed by atoms with E-state index in [0.717, 1.165) is 12.8 Å². The number of urea groups is 1. The van der Waals surface area contributed by atoms with E-state index < -0.39 is 6.03 Å². The molecule has 0 spiro atoms. The van der Waals surface area contributed by atoms with Gasteiger partial charge in [-0.15, -0.1) is 11.3 Å². The molecule has 0 saturated carbocycles. The second-order valence-corrected chi connectivity index (χ2v) is 6.45. The van der Waals surface area contributed by atoms with Crippen LogP contribution in [-0.4, -0.2) is 55.0 Å². The van der Waals surface area contributed by atoms with Gasteiger partial charge in [-0.25, -0.2) is 4.79 Å². The predicted octanol–water partition coefficient (Wildman–Crippen LogP) is 0.786. The molecule has 0 aliphatic carbocycles. The number of likely N-dealkylation sites (tertiary alicyclic amines) is 1. The van der Waals surface area contributed by atoms with E-state index in [4.69, 9.17) is 0 Å². The fraction of sp³-hybridized carbons (Fsp3) is 0.533. The van der Waals surface area contributed by atoms with Gasteiger partial charge in [0.1, 0.15) is 0 Å². The molecule has 7 nitrogen and oxygen atoms in total. The molecule has 126 valence electrons. The Kier molecular flexibility index (Phi) is 6.12. The number of carbonyl (C=O) groups excluding carboxylic acids is 3. The van der Waals surface area contributed by atoms with Gasteiger partial charge < -0.3 is 10.6 Å². The van der Waals surface area contributed by atoms with Gasteiger partial charge in [0, 0.05) is 26.2 Å². The normalized spacial score (nSPS) is 17.3. The molecule has 23 heavy (non-hydrogen) atoms. The number of amides is 4. The van der Waals surface area contributed by atoms with Crippen LogP contribution in [0, 0.1) is 0 Å². The number of rotatable bonds is 4. The number of nitrogens with zero attached hydrogens (tertiary/aromatic N) is 1. The number of hydrogen-bond acceptors (Lipinski definition) is 5. The van der Waals surface area contributed by atoms with Gasteiger partial charge in [0.15, 0.2) is 0 Å². The van der Waals surface area contributed by atoms with Crippen molar-refractivity contribution in [1.82, 2.24) is 20.9 Å². The van der Waals surface area contributed by atoms with Crippen molar-refractivity contribution in [2.24, 2.45) is 0 Å². The number of nitrogens with one attached hydrogen (secondary N) is 3. The Morgan fingerprint density at radius 1 is 1.30 bits per heavy atom. The van der Waals surface area contributed by atoms with Crippen LogP contribution in [0.4, 0.5) is 4.79 Å². The van der Waals surface area contributed by atoms with E-state index in [9.17, 15) is 14.4 Å². The highest BCUT2D eigenvalue weighted by atomic mass is 32.1. The molecule has 1 aliphatic heterocycles. The lowest BCUT2D eigenvalue weighted by atomic mass is 10.0. The molecule has 1 atom stereocenters. The zero-order valence-corrected chi connectivity index (χ0v) is 14.1. The van der Waals surface area contributed by atoms with Crippen LogP contribution in [0.25, 0.3) is 0 Å². The molecule has 1 saturated heterocycles. The lowest BCUT2D eigenvalue weighted by Gasteiger charge is -2.35. The quantitative estimate of drug-likeness (QED) is 0.757. The van der Waals surface area contributed by atoms with Crippen LogP contribution in [0.5, 0.6) is 0 Å². The molecule has 0 aromatic carbocycles. The van der Waals surface area contributed by atoms with Crippen LogP contribution in [0.2, 0.25) is 0 Å². The van der Waals surface area contributed by atoms with E-state index in [1.54, 1.807) is 13.0 Å². The summed E-state index contributed by atoms with van der Waals surface area (Å²) in [5.41, 5.74) is 0. The Hall–Kier alpha value is -1.93. The number of hydrogen-bond donors (Lipinski definition) is 3. The smallest absolute Gasteiger partial charge is 0.321 e. The Morgan fingerprint density at radius 3 is 2.57 bits per heavy atom. The highest BCUT2D eigenvalue weighted by Crippen LogP contribution is 2.15. The van der Waals surface area contributed by atoms with Crippen LogP contribution in [-0.2, 0) is 4.79 Å². The topological polar surface area (TPSA) is 90.5 Å². The maximum atomic E-state index is 12.0. The van der Waals surface area contributed by atoms with Crippen LogP contribution in [0.3, 0.4) is 0 Å². The van der Waals surface area contributed by atoms with Crippen molar-refractivity contribution in [1.29, 1.82) is 0 Å². The molecular formula is C15H22N4O3S. The summed E-state index contributed by atoms with van der Waals surface area (Å²) in [7, 11) is 1.47. The third kappa shape index (κ3) is 4.77. The van der Waals surface area contributed by atoms with E-state index in [2.05, 4.69) is 16.0 Å². The minimum absolute atomic E-state index is 0.0381. The fourth-order valence-corrected chi connectivity index (χ4v) is 3.17. The SMILES string of the molecule is CNC(=O)NC(=O)[C@H](C)N1CCC(NC(=O)c2cccs2)CC1. The first-order valence-corrected chi connectivity index (χ1v) is 8.50. The van der Waals surface area contributed by atoms with Gasteiger partial charge in [0.05, 0.1) is 10.9 Å². The van der Waals surface area contributed by atoms with Crippen LogP contribution in [0.15, 0.2) is 17.5 Å². The zero-order valence-electron chi connectivity index (χ0n) is 13.3. The van der Waals surface area contributed by atoms with E-state index >= 15 is 0 Å². The molecule has 4 amide bonds. The number of imide groups is 1. The summed E-state index contributed by atoms with van der Waals surface area (Å²) in [4.78, 5) is 37.9. The van der Waals surface area contributed by atoms with Gasteiger partial charge in [-0.3, -0.25) is 19.8 Å². The van der Waals surface area contributed by atoms with Gasteiger partial charge in [0.2, 0.25) is 5.91 Å². The van der Waals surface area contributed by atoms with Crippen LogP contribution >= 0.6 is 11.3 Å². The van der Waals surface area contributed by atoms with E-state index in [1.807, 2.05) is 16.3 Å². The molecule has 8 heteroatoms. The molecule has 1 aromatic rings. The Morgan fingerprint density at radius 2 is 2.00 bits per heavy atom. The molecular weight excluding hydrogens is 316 g/mol. The second kappa shape index (κ2) is 8.07. The maximum absolute atomic E-state index is 12.0. The summed E-state index contributed by atoms with van der Waals surface area (Å²) in [5, 5.41) is 9.56. The fourth-order valence-electron chi connectivity index (χ4n) is 2.54. The summed E-state index contributed by atoms with van der Waals surface area (Å²) < 4.78 is 0. The molecule has 0 radical (unpaired) electrons. The highest BCUT2D eigenvalue weighted by molar-refractivity contribution is 7.12. The molecule has 3 N–H and O–H groups in total. The van der Waals surface area contributed by atoms with Crippen LogP contribution < -0.4 is 16.0 Å². The first-order chi connectivity index (χ1) is 11.0. The predicted molar refractivity (Wildman–Crippen MR) is 88.4 cm³/mol. The summed E-state index contributed by atoms with van der Waals surface area (Å²) in [6.45, 7) is 3.19. The van der Waals surface area contributed by atoms with Gasteiger partial charge in [-0.05, 0) is 31.2 Å². The number of thiophene rings is 1. The van der Waals surface area contributed by atoms with Crippen molar-refractivity contribution in [2.75, 3.05) is 20.1 Å². The van der Waals surface area contributed by atoms with Crippen LogP contribution in [0.1, 0.15) is 29.4 Å². The van der Waals surface area contributed by atoms with E-state index in [-0.39, 0.29) is 23.9 Å². The molecule has 1 aliphatic rings. The minimum Gasteiger partial charge on any atom is -0.349 e. The Bertz CT molecular complexity index is 553. The third-order valence-corrected chi connectivity index (χ3v) is 4.87. The summed E-state index contributed by atoms with van der Waals surface area (Å²) in [6.07, 6.45) is 1.57. The van der Waals surface area contributed by atoms with E-state index in [0.29, 0.717) is 18.0 Å². The summed E-state index contributed by atoms with van der Waals surface area (Å²) in [6, 6.07) is 2.91. The third-order valence-electron chi connectivity index (χ3n) is 4.00. The second-order valence-electron chi connectivity index (χ2n) is 5.51. The lowest BCUT2D eigenvalue weighted by molar-refractivity contribution is -0.125. The van der Waals surface area contributed by atoms with Gasteiger partial charge >= 0.3 is 6.03 Å². The number of carbonyl (C=O) groups is 3. The molecule has 2 heterocycles. The average molecular weight is 338 g/mol. The largest absolute Gasteiger partial charge is 0.349 e. The van der Waals surface area contributed by atoms with E-state index in [1.165, 1.54) is 18.4 Å². The minimum atomic E-state index is -0.500. The van der Waals surface area contributed by atoms with Crippen molar-refractivity contribution < 1.29 is 14.4 Å².